The van der Waals surface area contributed by atoms with Crippen molar-refractivity contribution in [1.29, 1.82) is 0 Å². The second-order valence-corrected chi connectivity index (χ2v) is 6.83. The number of rotatable bonds is 4. The van der Waals surface area contributed by atoms with E-state index in [4.69, 9.17) is 0 Å². The number of fused-ring (bicyclic) bond motifs is 1. The van der Waals surface area contributed by atoms with Crippen molar-refractivity contribution in [2.75, 3.05) is 5.32 Å². The number of amides is 1. The number of carbonyl (C=O) groups is 1. The first-order valence-electron chi connectivity index (χ1n) is 8.67. The lowest BCUT2D eigenvalue weighted by molar-refractivity contribution is -0.118. The van der Waals surface area contributed by atoms with E-state index in [-0.39, 0.29) is 17.5 Å². The molecular formula is C19H16FN5O. The number of nitrogens with zero attached hydrogens (tertiary/aromatic N) is 4. The van der Waals surface area contributed by atoms with Crippen LogP contribution >= 0.6 is 0 Å². The topological polar surface area (TPSA) is 72.7 Å². The van der Waals surface area contributed by atoms with Crippen LogP contribution in [0.1, 0.15) is 41.6 Å². The lowest BCUT2D eigenvalue weighted by atomic mass is 9.77. The van der Waals surface area contributed by atoms with Crippen LogP contribution in [-0.4, -0.2) is 26.1 Å². The van der Waals surface area contributed by atoms with Gasteiger partial charge in [-0.15, -0.1) is 5.10 Å². The minimum atomic E-state index is -0.476. The van der Waals surface area contributed by atoms with E-state index in [1.165, 1.54) is 11.6 Å². The Morgan fingerprint density at radius 1 is 1.19 bits per heavy atom. The highest BCUT2D eigenvalue weighted by Gasteiger charge is 2.32. The zero-order chi connectivity index (χ0) is 17.7. The summed E-state index contributed by atoms with van der Waals surface area (Å²) in [6.45, 7) is 0. The lowest BCUT2D eigenvalue weighted by Gasteiger charge is -2.28. The third kappa shape index (κ3) is 2.47. The van der Waals surface area contributed by atoms with Crippen LogP contribution in [0, 0.1) is 5.82 Å². The third-order valence-corrected chi connectivity index (χ3v) is 5.06. The molecule has 1 N–H and O–H groups in total. The van der Waals surface area contributed by atoms with Crippen molar-refractivity contribution in [3.63, 3.8) is 0 Å². The molecule has 1 heterocycles. The molecule has 0 spiro atoms. The number of nitrogens with one attached hydrogen (secondary N) is 1. The molecule has 1 aromatic heterocycles. The van der Waals surface area contributed by atoms with Crippen LogP contribution in [0.2, 0.25) is 0 Å². The van der Waals surface area contributed by atoms with Gasteiger partial charge in [0.15, 0.2) is 5.82 Å². The summed E-state index contributed by atoms with van der Waals surface area (Å²) in [5.74, 6) is 0.236. The molecule has 0 radical (unpaired) electrons. The summed E-state index contributed by atoms with van der Waals surface area (Å²) in [5, 5.41) is 14.5. The molecule has 2 aliphatic carbocycles. The summed E-state index contributed by atoms with van der Waals surface area (Å²) in [6.07, 6.45) is 2.81. The Morgan fingerprint density at radius 2 is 2.04 bits per heavy atom. The van der Waals surface area contributed by atoms with Gasteiger partial charge in [-0.2, -0.15) is 4.68 Å². The Kier molecular flexibility index (Phi) is 3.34. The van der Waals surface area contributed by atoms with Crippen molar-refractivity contribution in [3.05, 3.63) is 65.2 Å². The highest BCUT2D eigenvalue weighted by molar-refractivity contribution is 5.98. The maximum Gasteiger partial charge on any atom is 0.232 e. The van der Waals surface area contributed by atoms with Crippen LogP contribution in [0.5, 0.6) is 0 Å². The molecule has 1 atom stereocenters. The fourth-order valence-corrected chi connectivity index (χ4v) is 3.43. The number of carbonyl (C=O) groups excluding carboxylic acids is 1. The van der Waals surface area contributed by atoms with E-state index in [9.17, 15) is 9.18 Å². The zero-order valence-corrected chi connectivity index (χ0v) is 13.9. The molecule has 5 rings (SSSR count). The number of anilines is 1. The van der Waals surface area contributed by atoms with Gasteiger partial charge in [-0.05, 0) is 59.0 Å². The zero-order valence-electron chi connectivity index (χ0n) is 13.9. The summed E-state index contributed by atoms with van der Waals surface area (Å²) in [5.41, 5.74) is 2.97. The smallest absolute Gasteiger partial charge is 0.232 e. The molecule has 0 unspecified atom stereocenters. The molecule has 1 fully saturated rings. The number of hydrogen-bond donors (Lipinski definition) is 1. The van der Waals surface area contributed by atoms with Crippen molar-refractivity contribution in [3.8, 4) is 5.69 Å². The molecule has 1 saturated carbocycles. The Balaban J connectivity index is 1.41. The Bertz CT molecular complexity index is 1010. The van der Waals surface area contributed by atoms with Crippen LogP contribution in [0.15, 0.2) is 42.5 Å². The average molecular weight is 349 g/mol. The molecular weight excluding hydrogens is 333 g/mol. The van der Waals surface area contributed by atoms with Gasteiger partial charge < -0.3 is 5.32 Å². The maximum atomic E-state index is 14.2. The summed E-state index contributed by atoms with van der Waals surface area (Å²) in [4.78, 5) is 12.6. The van der Waals surface area contributed by atoms with Gasteiger partial charge in [-0.3, -0.25) is 4.79 Å². The molecule has 0 bridgehead atoms. The van der Waals surface area contributed by atoms with E-state index in [0.29, 0.717) is 18.0 Å². The van der Waals surface area contributed by atoms with Crippen LogP contribution < -0.4 is 5.32 Å². The van der Waals surface area contributed by atoms with E-state index in [1.54, 1.807) is 16.8 Å². The predicted octanol–water partition coefficient (Wildman–Crippen LogP) is 2.96. The van der Waals surface area contributed by atoms with Crippen molar-refractivity contribution in [2.24, 2.45) is 0 Å². The number of halogens is 1. The number of tetrazole rings is 1. The van der Waals surface area contributed by atoms with E-state index in [2.05, 4.69) is 20.8 Å². The fourth-order valence-electron chi connectivity index (χ4n) is 3.43. The minimum Gasteiger partial charge on any atom is -0.323 e. The molecule has 6 nitrogen and oxygen atoms in total. The molecule has 0 saturated heterocycles. The summed E-state index contributed by atoms with van der Waals surface area (Å²) in [6, 6.07) is 12.4. The van der Waals surface area contributed by atoms with Crippen LogP contribution in [0.3, 0.4) is 0 Å². The van der Waals surface area contributed by atoms with Gasteiger partial charge in [0.05, 0.1) is 17.3 Å². The van der Waals surface area contributed by atoms with E-state index in [0.717, 1.165) is 24.2 Å². The standard InChI is InChI=1S/C19H16FN5O/c20-16-8-7-13(25-18(11-5-6-11)22-23-24-25)10-17(16)21-19(26)15-9-12-3-1-2-4-14(12)15/h1-4,7-8,10-11,15H,5-6,9H2,(H,21,26)/t15-/m1/s1. The van der Waals surface area contributed by atoms with Crippen LogP contribution in [-0.2, 0) is 11.2 Å². The highest BCUT2D eigenvalue weighted by atomic mass is 19.1. The Labute approximate surface area is 149 Å². The van der Waals surface area contributed by atoms with E-state index >= 15 is 0 Å². The monoisotopic (exact) mass is 349 g/mol. The van der Waals surface area contributed by atoms with Crippen molar-refractivity contribution >= 4 is 11.6 Å². The lowest BCUT2D eigenvalue weighted by Crippen LogP contribution is -2.30. The highest BCUT2D eigenvalue weighted by Crippen LogP contribution is 2.39. The van der Waals surface area contributed by atoms with Crippen LogP contribution in [0.25, 0.3) is 5.69 Å². The number of hydrogen-bond acceptors (Lipinski definition) is 4. The average Bonchev–Trinajstić information content (AvgIpc) is 3.35. The largest absolute Gasteiger partial charge is 0.323 e. The number of aromatic nitrogens is 4. The summed E-state index contributed by atoms with van der Waals surface area (Å²) in [7, 11) is 0. The molecule has 7 heteroatoms. The van der Waals surface area contributed by atoms with Gasteiger partial charge in [0.1, 0.15) is 5.82 Å². The van der Waals surface area contributed by atoms with Gasteiger partial charge in [0.2, 0.25) is 5.91 Å². The van der Waals surface area contributed by atoms with E-state index < -0.39 is 5.82 Å². The second kappa shape index (κ2) is 5.72. The molecule has 2 aromatic carbocycles. The van der Waals surface area contributed by atoms with Gasteiger partial charge in [0.25, 0.3) is 0 Å². The Morgan fingerprint density at radius 3 is 2.85 bits per heavy atom. The van der Waals surface area contributed by atoms with Gasteiger partial charge >= 0.3 is 0 Å². The summed E-state index contributed by atoms with van der Waals surface area (Å²) >= 11 is 0. The molecule has 2 aliphatic rings. The molecule has 0 aliphatic heterocycles. The van der Waals surface area contributed by atoms with Gasteiger partial charge in [-0.25, -0.2) is 4.39 Å². The van der Waals surface area contributed by atoms with E-state index in [1.807, 2.05) is 24.3 Å². The molecule has 130 valence electrons. The second-order valence-electron chi connectivity index (χ2n) is 6.83. The normalized spacial score (nSPS) is 18.1. The van der Waals surface area contributed by atoms with Gasteiger partial charge in [-0.1, -0.05) is 24.3 Å². The number of benzene rings is 2. The fraction of sp³-hybridized carbons (Fsp3) is 0.263. The SMILES string of the molecule is O=C(Nc1cc(-n2nnnc2C2CC2)ccc1F)[C@@H]1Cc2ccccc21. The maximum absolute atomic E-state index is 14.2. The molecule has 1 amide bonds. The van der Waals surface area contributed by atoms with Crippen LogP contribution in [0.4, 0.5) is 10.1 Å². The predicted molar refractivity (Wildman–Crippen MR) is 92.6 cm³/mol. The quantitative estimate of drug-likeness (QED) is 0.786. The first-order chi connectivity index (χ1) is 12.7. The molecule has 26 heavy (non-hydrogen) atoms. The van der Waals surface area contributed by atoms with Crippen molar-refractivity contribution in [1.82, 2.24) is 20.2 Å². The summed E-state index contributed by atoms with van der Waals surface area (Å²) < 4.78 is 15.9. The first kappa shape index (κ1) is 15.2. The minimum absolute atomic E-state index is 0.147. The van der Waals surface area contributed by atoms with Gasteiger partial charge in [0, 0.05) is 5.92 Å². The van der Waals surface area contributed by atoms with Crippen molar-refractivity contribution in [2.45, 2.75) is 31.1 Å². The van der Waals surface area contributed by atoms with Crippen molar-refractivity contribution < 1.29 is 9.18 Å². The third-order valence-electron chi connectivity index (χ3n) is 5.06. The first-order valence-corrected chi connectivity index (χ1v) is 8.67. The Hall–Kier alpha value is -3.09. The molecule has 3 aromatic rings.